The topological polar surface area (TPSA) is 33.2 Å². The van der Waals surface area contributed by atoms with E-state index in [9.17, 15) is 13.6 Å². The number of pyridine rings is 1. The second-order valence-electron chi connectivity index (χ2n) is 4.62. The summed E-state index contributed by atoms with van der Waals surface area (Å²) >= 11 is 3.24. The van der Waals surface area contributed by atoms with Crippen LogP contribution in [0, 0.1) is 11.6 Å². The van der Waals surface area contributed by atoms with E-state index in [-0.39, 0.29) is 17.2 Å². The molecule has 0 spiro atoms. The molecule has 0 radical (unpaired) electrons. The first-order chi connectivity index (χ1) is 9.90. The number of aromatic nitrogens is 1. The Kier molecular flexibility index (Phi) is 4.67. The van der Waals surface area contributed by atoms with Crippen LogP contribution in [0.5, 0.6) is 0 Å². The van der Waals surface area contributed by atoms with Gasteiger partial charge < -0.3 is 4.90 Å². The molecule has 21 heavy (non-hydrogen) atoms. The zero-order valence-corrected chi connectivity index (χ0v) is 13.1. The summed E-state index contributed by atoms with van der Waals surface area (Å²) in [7, 11) is 1.53. The maximum absolute atomic E-state index is 13.8. The summed E-state index contributed by atoms with van der Waals surface area (Å²) in [6.07, 6.45) is 1.51. The summed E-state index contributed by atoms with van der Waals surface area (Å²) in [4.78, 5) is 17.6. The molecule has 0 aliphatic rings. The first-order valence-electron chi connectivity index (χ1n) is 6.24. The van der Waals surface area contributed by atoms with Gasteiger partial charge in [-0.05, 0) is 53.2 Å². The third-order valence-corrected chi connectivity index (χ3v) is 3.73. The van der Waals surface area contributed by atoms with Gasteiger partial charge in [-0.15, -0.1) is 0 Å². The molecule has 1 heterocycles. The predicted molar refractivity (Wildman–Crippen MR) is 78.8 cm³/mol. The van der Waals surface area contributed by atoms with E-state index >= 15 is 0 Å². The van der Waals surface area contributed by atoms with Crippen LogP contribution in [0.15, 0.2) is 41.0 Å². The summed E-state index contributed by atoms with van der Waals surface area (Å²) in [6.45, 7) is 1.63. The molecule has 1 aromatic heterocycles. The molecule has 0 aliphatic heterocycles. The third-order valence-electron chi connectivity index (χ3n) is 3.26. The first-order valence-corrected chi connectivity index (χ1v) is 7.03. The van der Waals surface area contributed by atoms with Crippen molar-refractivity contribution in [2.75, 3.05) is 7.05 Å². The minimum absolute atomic E-state index is 0.128. The Morgan fingerprint density at radius 3 is 2.62 bits per heavy atom. The van der Waals surface area contributed by atoms with E-state index in [1.807, 2.05) is 0 Å². The fourth-order valence-electron chi connectivity index (χ4n) is 1.90. The molecule has 1 amide bonds. The summed E-state index contributed by atoms with van der Waals surface area (Å²) in [6, 6.07) is 5.84. The van der Waals surface area contributed by atoms with Crippen molar-refractivity contribution in [3.8, 4) is 0 Å². The highest BCUT2D eigenvalue weighted by atomic mass is 79.9. The minimum atomic E-state index is -0.612. The Morgan fingerprint density at radius 1 is 1.29 bits per heavy atom. The summed E-state index contributed by atoms with van der Waals surface area (Å²) < 4.78 is 27.8. The number of carbonyl (C=O) groups excluding carboxylic acids is 1. The molecule has 2 rings (SSSR count). The van der Waals surface area contributed by atoms with Crippen LogP contribution < -0.4 is 0 Å². The molecule has 0 fully saturated rings. The summed E-state index contributed by atoms with van der Waals surface area (Å²) in [5.74, 6) is -1.45. The molecule has 2 aromatic rings. The molecular weight excluding hydrogens is 342 g/mol. The van der Waals surface area contributed by atoms with E-state index in [2.05, 4.69) is 20.9 Å². The van der Waals surface area contributed by atoms with Gasteiger partial charge in [-0.2, -0.15) is 0 Å². The van der Waals surface area contributed by atoms with Gasteiger partial charge in [0.25, 0.3) is 5.91 Å². The smallest absolute Gasteiger partial charge is 0.272 e. The van der Waals surface area contributed by atoms with Gasteiger partial charge in [0.05, 0.1) is 6.04 Å². The lowest BCUT2D eigenvalue weighted by molar-refractivity contribution is 0.0734. The Hall–Kier alpha value is -1.82. The third kappa shape index (κ3) is 3.44. The van der Waals surface area contributed by atoms with E-state index in [0.29, 0.717) is 0 Å². The summed E-state index contributed by atoms with van der Waals surface area (Å²) in [5.41, 5.74) is 0.368. The number of hydrogen-bond donors (Lipinski definition) is 0. The Bertz CT molecular complexity index is 661. The molecule has 110 valence electrons. The monoisotopic (exact) mass is 354 g/mol. The van der Waals surface area contributed by atoms with Crippen LogP contribution in [0.1, 0.15) is 29.0 Å². The van der Waals surface area contributed by atoms with E-state index in [0.717, 1.165) is 22.7 Å². The second kappa shape index (κ2) is 6.30. The van der Waals surface area contributed by atoms with Gasteiger partial charge in [0.1, 0.15) is 17.3 Å². The molecule has 0 N–H and O–H groups in total. The zero-order chi connectivity index (χ0) is 15.6. The zero-order valence-electron chi connectivity index (χ0n) is 11.5. The Morgan fingerprint density at radius 2 is 2.00 bits per heavy atom. The molecule has 3 nitrogen and oxygen atoms in total. The standard InChI is InChI=1S/C15H13BrF2N2O/c1-9(12-7-11(17)4-5-13(12)18)20(2)15(21)14-6-3-10(16)8-19-14/h3-9H,1-2H3. The SMILES string of the molecule is CC(c1cc(F)ccc1F)N(C)C(=O)c1ccc(Br)cn1. The van der Waals surface area contributed by atoms with E-state index in [1.54, 1.807) is 19.1 Å². The van der Waals surface area contributed by atoms with Crippen molar-refractivity contribution < 1.29 is 13.6 Å². The normalized spacial score (nSPS) is 12.0. The maximum atomic E-state index is 13.8. The van der Waals surface area contributed by atoms with Crippen molar-refractivity contribution in [3.63, 3.8) is 0 Å². The molecule has 1 aromatic carbocycles. The number of nitrogens with zero attached hydrogens (tertiary/aromatic N) is 2. The number of hydrogen-bond acceptors (Lipinski definition) is 2. The van der Waals surface area contributed by atoms with Gasteiger partial charge in [-0.3, -0.25) is 4.79 Å². The highest BCUT2D eigenvalue weighted by Gasteiger charge is 2.22. The van der Waals surface area contributed by atoms with Crippen molar-refractivity contribution in [1.29, 1.82) is 0 Å². The van der Waals surface area contributed by atoms with Crippen molar-refractivity contribution >= 4 is 21.8 Å². The molecule has 1 atom stereocenters. The van der Waals surface area contributed by atoms with Gasteiger partial charge in [0.2, 0.25) is 0 Å². The van der Waals surface area contributed by atoms with Gasteiger partial charge in [-0.25, -0.2) is 13.8 Å². The molecule has 0 saturated heterocycles. The van der Waals surface area contributed by atoms with Crippen LogP contribution in [0.4, 0.5) is 8.78 Å². The number of carbonyl (C=O) groups is 1. The molecular formula is C15H13BrF2N2O. The van der Waals surface area contributed by atoms with Crippen LogP contribution in [-0.2, 0) is 0 Å². The van der Waals surface area contributed by atoms with Gasteiger partial charge in [0, 0.05) is 23.3 Å². The van der Waals surface area contributed by atoms with E-state index in [4.69, 9.17) is 0 Å². The largest absolute Gasteiger partial charge is 0.334 e. The number of amides is 1. The van der Waals surface area contributed by atoms with Crippen molar-refractivity contribution in [2.24, 2.45) is 0 Å². The lowest BCUT2D eigenvalue weighted by atomic mass is 10.1. The van der Waals surface area contributed by atoms with Crippen molar-refractivity contribution in [1.82, 2.24) is 9.88 Å². The molecule has 6 heteroatoms. The van der Waals surface area contributed by atoms with Crippen LogP contribution in [0.2, 0.25) is 0 Å². The first kappa shape index (κ1) is 15.6. The van der Waals surface area contributed by atoms with Crippen molar-refractivity contribution in [2.45, 2.75) is 13.0 Å². The average molecular weight is 355 g/mol. The highest BCUT2D eigenvalue weighted by Crippen LogP contribution is 2.24. The molecule has 0 aliphatic carbocycles. The van der Waals surface area contributed by atoms with Crippen LogP contribution in [0.25, 0.3) is 0 Å². The van der Waals surface area contributed by atoms with Crippen LogP contribution >= 0.6 is 15.9 Å². The lowest BCUT2D eigenvalue weighted by Crippen LogP contribution is -2.30. The van der Waals surface area contributed by atoms with Gasteiger partial charge >= 0.3 is 0 Å². The lowest BCUT2D eigenvalue weighted by Gasteiger charge is -2.25. The average Bonchev–Trinajstić information content (AvgIpc) is 2.48. The number of halogens is 3. The Balaban J connectivity index is 2.26. The van der Waals surface area contributed by atoms with Crippen LogP contribution in [-0.4, -0.2) is 22.8 Å². The van der Waals surface area contributed by atoms with E-state index < -0.39 is 17.7 Å². The van der Waals surface area contributed by atoms with Gasteiger partial charge in [-0.1, -0.05) is 0 Å². The maximum Gasteiger partial charge on any atom is 0.272 e. The fraction of sp³-hybridized carbons (Fsp3) is 0.200. The minimum Gasteiger partial charge on any atom is -0.334 e. The molecule has 0 bridgehead atoms. The summed E-state index contributed by atoms with van der Waals surface area (Å²) in [5, 5.41) is 0. The fourth-order valence-corrected chi connectivity index (χ4v) is 2.14. The van der Waals surface area contributed by atoms with Crippen LogP contribution in [0.3, 0.4) is 0 Å². The van der Waals surface area contributed by atoms with Gasteiger partial charge in [0.15, 0.2) is 0 Å². The van der Waals surface area contributed by atoms with E-state index in [1.165, 1.54) is 18.1 Å². The highest BCUT2D eigenvalue weighted by molar-refractivity contribution is 9.10. The quantitative estimate of drug-likeness (QED) is 0.835. The number of benzene rings is 1. The molecule has 1 unspecified atom stereocenters. The molecule has 0 saturated carbocycles. The van der Waals surface area contributed by atoms with Crippen molar-refractivity contribution in [3.05, 3.63) is 63.9 Å². The second-order valence-corrected chi connectivity index (χ2v) is 5.54. The predicted octanol–water partition coefficient (Wildman–Crippen LogP) is 3.96. The Labute approximate surface area is 129 Å². The number of rotatable bonds is 3.